The highest BCUT2D eigenvalue weighted by atomic mass is 16.7. The minimum absolute atomic E-state index is 0.352. The Morgan fingerprint density at radius 2 is 1.65 bits per heavy atom. The zero-order valence-electron chi connectivity index (χ0n) is 12.2. The minimum atomic E-state index is -1.15. The van der Waals surface area contributed by atoms with Crippen LogP contribution in [0.15, 0.2) is 66.7 Å². The molecule has 2 heterocycles. The van der Waals surface area contributed by atoms with E-state index >= 15 is 0 Å². The summed E-state index contributed by atoms with van der Waals surface area (Å²) in [5.74, 6) is -0.784. The molecule has 0 bridgehead atoms. The lowest BCUT2D eigenvalue weighted by atomic mass is 9.96. The SMILES string of the molecule is O=C1OC2(C=Cc3c(ccc4ccccc34)O2)c2ccccc21. The maximum atomic E-state index is 12.1. The molecular weight excluding hydrogens is 288 g/mol. The molecule has 0 aromatic heterocycles. The smallest absolute Gasteiger partial charge is 0.342 e. The van der Waals surface area contributed by atoms with Gasteiger partial charge < -0.3 is 9.47 Å². The van der Waals surface area contributed by atoms with Crippen LogP contribution in [0, 0.1) is 0 Å². The van der Waals surface area contributed by atoms with E-state index in [2.05, 4.69) is 12.1 Å². The summed E-state index contributed by atoms with van der Waals surface area (Å²) >= 11 is 0. The summed E-state index contributed by atoms with van der Waals surface area (Å²) in [5.41, 5.74) is 2.32. The van der Waals surface area contributed by atoms with Crippen molar-refractivity contribution in [1.29, 1.82) is 0 Å². The Labute approximate surface area is 132 Å². The lowest BCUT2D eigenvalue weighted by molar-refractivity contribution is -0.103. The van der Waals surface area contributed by atoms with Crippen molar-refractivity contribution in [1.82, 2.24) is 0 Å². The van der Waals surface area contributed by atoms with Gasteiger partial charge in [-0.15, -0.1) is 0 Å². The monoisotopic (exact) mass is 300 g/mol. The van der Waals surface area contributed by atoms with Gasteiger partial charge in [0.05, 0.1) is 11.1 Å². The van der Waals surface area contributed by atoms with Crippen LogP contribution < -0.4 is 4.74 Å². The van der Waals surface area contributed by atoms with Crippen molar-refractivity contribution in [3.8, 4) is 5.75 Å². The van der Waals surface area contributed by atoms with Crippen molar-refractivity contribution >= 4 is 22.8 Å². The van der Waals surface area contributed by atoms with Crippen LogP contribution in [0.5, 0.6) is 5.75 Å². The number of carbonyl (C=O) groups excluding carboxylic acids is 1. The summed E-state index contributed by atoms with van der Waals surface area (Å²) in [5, 5.41) is 2.27. The minimum Gasteiger partial charge on any atom is -0.444 e. The molecule has 5 rings (SSSR count). The Morgan fingerprint density at radius 1 is 0.826 bits per heavy atom. The van der Waals surface area contributed by atoms with E-state index in [4.69, 9.17) is 9.47 Å². The van der Waals surface area contributed by atoms with Gasteiger partial charge in [-0.25, -0.2) is 4.79 Å². The van der Waals surface area contributed by atoms with Crippen LogP contribution in [0.2, 0.25) is 0 Å². The normalized spacial score (nSPS) is 21.0. The summed E-state index contributed by atoms with van der Waals surface area (Å²) in [6.45, 7) is 0. The van der Waals surface area contributed by atoms with Gasteiger partial charge in [-0.3, -0.25) is 0 Å². The van der Waals surface area contributed by atoms with E-state index < -0.39 is 5.79 Å². The van der Waals surface area contributed by atoms with Crippen LogP contribution in [-0.4, -0.2) is 5.97 Å². The molecule has 3 aromatic carbocycles. The highest BCUT2D eigenvalue weighted by Crippen LogP contribution is 2.45. The van der Waals surface area contributed by atoms with Crippen LogP contribution in [0.3, 0.4) is 0 Å². The van der Waals surface area contributed by atoms with Gasteiger partial charge in [0.15, 0.2) is 0 Å². The molecule has 0 saturated heterocycles. The topological polar surface area (TPSA) is 35.5 Å². The van der Waals surface area contributed by atoms with Gasteiger partial charge in [0.2, 0.25) is 0 Å². The molecule has 23 heavy (non-hydrogen) atoms. The summed E-state index contributed by atoms with van der Waals surface area (Å²) < 4.78 is 11.7. The molecule has 110 valence electrons. The van der Waals surface area contributed by atoms with Gasteiger partial charge in [0.25, 0.3) is 0 Å². The molecule has 0 radical (unpaired) electrons. The predicted octanol–water partition coefficient (Wildman–Crippen LogP) is 4.27. The van der Waals surface area contributed by atoms with Crippen molar-refractivity contribution in [3.63, 3.8) is 0 Å². The number of carbonyl (C=O) groups is 1. The fourth-order valence-corrected chi connectivity index (χ4v) is 3.34. The van der Waals surface area contributed by atoms with Crippen LogP contribution in [-0.2, 0) is 10.5 Å². The van der Waals surface area contributed by atoms with E-state index in [-0.39, 0.29) is 5.97 Å². The Kier molecular flexibility index (Phi) is 2.29. The highest BCUT2D eigenvalue weighted by molar-refractivity contribution is 5.97. The molecule has 0 amide bonds. The second-order valence-electron chi connectivity index (χ2n) is 5.74. The number of hydrogen-bond acceptors (Lipinski definition) is 3. The lowest BCUT2D eigenvalue weighted by Gasteiger charge is -2.30. The van der Waals surface area contributed by atoms with Gasteiger partial charge in [-0.05, 0) is 35.0 Å². The van der Waals surface area contributed by atoms with Gasteiger partial charge >= 0.3 is 11.8 Å². The van der Waals surface area contributed by atoms with Crippen molar-refractivity contribution in [3.05, 3.63) is 83.4 Å². The Hall–Kier alpha value is -3.07. The van der Waals surface area contributed by atoms with Crippen LogP contribution in [0.25, 0.3) is 16.8 Å². The molecule has 2 aliphatic rings. The number of ether oxygens (including phenoxy) is 2. The zero-order valence-corrected chi connectivity index (χ0v) is 12.2. The van der Waals surface area contributed by atoms with Crippen LogP contribution in [0.4, 0.5) is 0 Å². The largest absolute Gasteiger partial charge is 0.444 e. The lowest BCUT2D eigenvalue weighted by Crippen LogP contribution is -2.32. The zero-order chi connectivity index (χ0) is 15.4. The number of fused-ring (bicyclic) bond motifs is 5. The molecule has 2 aliphatic heterocycles. The molecule has 3 heteroatoms. The molecule has 0 N–H and O–H groups in total. The first-order chi connectivity index (χ1) is 11.3. The number of benzene rings is 3. The van der Waals surface area contributed by atoms with E-state index in [1.807, 2.05) is 54.6 Å². The summed E-state index contributed by atoms with van der Waals surface area (Å²) in [6, 6.07) is 19.4. The fraction of sp³-hybridized carbons (Fsp3) is 0.0500. The Morgan fingerprint density at radius 3 is 2.61 bits per heavy atom. The van der Waals surface area contributed by atoms with Crippen molar-refractivity contribution in [2.24, 2.45) is 0 Å². The van der Waals surface area contributed by atoms with Gasteiger partial charge in [-0.2, -0.15) is 0 Å². The molecule has 0 aliphatic carbocycles. The van der Waals surface area contributed by atoms with Crippen molar-refractivity contribution in [2.45, 2.75) is 5.79 Å². The second-order valence-corrected chi connectivity index (χ2v) is 5.74. The van der Waals surface area contributed by atoms with E-state index in [0.29, 0.717) is 5.56 Å². The third-order valence-corrected chi connectivity index (χ3v) is 4.43. The molecule has 3 aromatic rings. The first-order valence-electron chi connectivity index (χ1n) is 7.50. The van der Waals surface area contributed by atoms with E-state index in [1.54, 1.807) is 6.07 Å². The predicted molar refractivity (Wildman–Crippen MR) is 87.1 cm³/mol. The molecule has 0 saturated carbocycles. The van der Waals surface area contributed by atoms with Crippen molar-refractivity contribution < 1.29 is 14.3 Å². The summed E-state index contributed by atoms with van der Waals surface area (Å²) in [6.07, 6.45) is 3.81. The van der Waals surface area contributed by atoms with Gasteiger partial charge in [0, 0.05) is 11.6 Å². The first kappa shape index (κ1) is 12.5. The van der Waals surface area contributed by atoms with Gasteiger partial charge in [0.1, 0.15) is 5.75 Å². The Balaban J connectivity index is 1.71. The maximum absolute atomic E-state index is 12.1. The summed E-state index contributed by atoms with van der Waals surface area (Å²) in [7, 11) is 0. The quantitative estimate of drug-likeness (QED) is 0.582. The average Bonchev–Trinajstić information content (AvgIpc) is 2.87. The standard InChI is InChI=1S/C20H12O3/c21-19-16-7-3-4-8-17(16)20(23-19)12-11-15-14-6-2-1-5-13(14)9-10-18(15)22-20/h1-12H. The highest BCUT2D eigenvalue weighted by Gasteiger charge is 2.47. The molecule has 1 atom stereocenters. The number of rotatable bonds is 0. The molecular formula is C20H12O3. The van der Waals surface area contributed by atoms with Gasteiger partial charge in [-0.1, -0.05) is 42.5 Å². The third kappa shape index (κ3) is 1.62. The average molecular weight is 300 g/mol. The van der Waals surface area contributed by atoms with Crippen LogP contribution in [0.1, 0.15) is 21.5 Å². The molecule has 1 unspecified atom stereocenters. The second kappa shape index (κ2) is 4.23. The number of esters is 1. The van der Waals surface area contributed by atoms with Crippen molar-refractivity contribution in [2.75, 3.05) is 0 Å². The molecule has 1 spiro atoms. The van der Waals surface area contributed by atoms with Crippen LogP contribution >= 0.6 is 0 Å². The maximum Gasteiger partial charge on any atom is 0.342 e. The first-order valence-corrected chi connectivity index (χ1v) is 7.50. The van der Waals surface area contributed by atoms with E-state index in [0.717, 1.165) is 27.6 Å². The van der Waals surface area contributed by atoms with E-state index in [1.165, 1.54) is 0 Å². The fourth-order valence-electron chi connectivity index (χ4n) is 3.34. The molecule has 3 nitrogen and oxygen atoms in total. The summed E-state index contributed by atoms with van der Waals surface area (Å²) in [4.78, 5) is 12.1. The molecule has 0 fully saturated rings. The third-order valence-electron chi connectivity index (χ3n) is 4.43. The Bertz CT molecular complexity index is 1000. The van der Waals surface area contributed by atoms with E-state index in [9.17, 15) is 4.79 Å². The number of hydrogen-bond donors (Lipinski definition) is 0.